The summed E-state index contributed by atoms with van der Waals surface area (Å²) in [6.45, 7) is 1.34. The summed E-state index contributed by atoms with van der Waals surface area (Å²) in [5.41, 5.74) is 5.16. The highest BCUT2D eigenvalue weighted by atomic mass is 16.5. The van der Waals surface area contributed by atoms with Gasteiger partial charge in [-0.1, -0.05) is 84.9 Å². The van der Waals surface area contributed by atoms with Gasteiger partial charge in [-0.2, -0.15) is 0 Å². The SMILES string of the molecule is COc1ccc(CC(COCC(Cc2ccc(OC)cc2)c2ccccc2)c2ccccc2)cc1. The van der Waals surface area contributed by atoms with Crippen molar-refractivity contribution in [2.24, 2.45) is 0 Å². The molecule has 180 valence electrons. The van der Waals surface area contributed by atoms with Crippen LogP contribution in [0.2, 0.25) is 0 Å². The number of hydrogen-bond donors (Lipinski definition) is 0. The van der Waals surface area contributed by atoms with Gasteiger partial charge >= 0.3 is 0 Å². The second-order valence-electron chi connectivity index (χ2n) is 8.86. The minimum Gasteiger partial charge on any atom is -0.497 e. The van der Waals surface area contributed by atoms with Crippen LogP contribution in [0.4, 0.5) is 0 Å². The summed E-state index contributed by atoms with van der Waals surface area (Å²) in [5.74, 6) is 2.32. The molecule has 2 unspecified atom stereocenters. The van der Waals surface area contributed by atoms with E-state index in [0.717, 1.165) is 24.3 Å². The lowest BCUT2D eigenvalue weighted by molar-refractivity contribution is 0.106. The summed E-state index contributed by atoms with van der Waals surface area (Å²) in [6, 6.07) is 38.0. The van der Waals surface area contributed by atoms with Crippen LogP contribution in [0.1, 0.15) is 34.1 Å². The van der Waals surface area contributed by atoms with Crippen molar-refractivity contribution in [3.63, 3.8) is 0 Å². The Morgan fingerprint density at radius 1 is 0.486 bits per heavy atom. The van der Waals surface area contributed by atoms with Crippen molar-refractivity contribution in [1.82, 2.24) is 0 Å². The molecule has 0 aromatic heterocycles. The first-order chi connectivity index (χ1) is 17.2. The quantitative estimate of drug-likeness (QED) is 0.223. The van der Waals surface area contributed by atoms with Crippen LogP contribution < -0.4 is 9.47 Å². The third kappa shape index (κ3) is 7.21. The maximum Gasteiger partial charge on any atom is 0.118 e. The Bertz CT molecular complexity index is 1030. The molecular weight excluding hydrogens is 432 g/mol. The average Bonchev–Trinajstić information content (AvgIpc) is 2.93. The van der Waals surface area contributed by atoms with E-state index >= 15 is 0 Å². The molecule has 0 N–H and O–H groups in total. The summed E-state index contributed by atoms with van der Waals surface area (Å²) in [6.07, 6.45) is 1.84. The molecule has 0 aliphatic rings. The molecule has 35 heavy (non-hydrogen) atoms. The van der Waals surface area contributed by atoms with Gasteiger partial charge in [0.05, 0.1) is 27.4 Å². The van der Waals surface area contributed by atoms with Crippen molar-refractivity contribution in [3.8, 4) is 11.5 Å². The largest absolute Gasteiger partial charge is 0.497 e. The van der Waals surface area contributed by atoms with Crippen LogP contribution in [0.5, 0.6) is 11.5 Å². The first kappa shape index (κ1) is 24.6. The molecule has 0 fully saturated rings. The summed E-state index contributed by atoms with van der Waals surface area (Å²) < 4.78 is 17.1. The molecule has 0 amide bonds. The average molecular weight is 467 g/mol. The molecule has 4 rings (SSSR count). The topological polar surface area (TPSA) is 27.7 Å². The van der Waals surface area contributed by atoms with Gasteiger partial charge in [0.25, 0.3) is 0 Å². The molecule has 4 aromatic rings. The molecule has 0 radical (unpaired) electrons. The number of ether oxygens (including phenoxy) is 3. The number of methoxy groups -OCH3 is 2. The predicted molar refractivity (Wildman–Crippen MR) is 143 cm³/mol. The number of hydrogen-bond acceptors (Lipinski definition) is 3. The Balaban J connectivity index is 1.46. The van der Waals surface area contributed by atoms with E-state index in [1.165, 1.54) is 22.3 Å². The molecule has 0 saturated carbocycles. The van der Waals surface area contributed by atoms with Crippen LogP contribution >= 0.6 is 0 Å². The Morgan fingerprint density at radius 3 is 1.20 bits per heavy atom. The fraction of sp³-hybridized carbons (Fsp3) is 0.250. The van der Waals surface area contributed by atoms with E-state index in [-0.39, 0.29) is 11.8 Å². The second kappa shape index (κ2) is 12.8. The summed E-state index contributed by atoms with van der Waals surface area (Å²) >= 11 is 0. The lowest BCUT2D eigenvalue weighted by Crippen LogP contribution is -2.16. The highest BCUT2D eigenvalue weighted by molar-refractivity contribution is 5.31. The molecule has 3 heteroatoms. The molecule has 0 heterocycles. The zero-order valence-corrected chi connectivity index (χ0v) is 20.6. The van der Waals surface area contributed by atoms with Crippen molar-refractivity contribution in [2.45, 2.75) is 24.7 Å². The Labute approximate surface area is 209 Å². The zero-order chi connectivity index (χ0) is 24.3. The highest BCUT2D eigenvalue weighted by Gasteiger charge is 2.17. The lowest BCUT2D eigenvalue weighted by atomic mass is 9.91. The first-order valence-electron chi connectivity index (χ1n) is 12.2. The Kier molecular flexibility index (Phi) is 8.97. The smallest absolute Gasteiger partial charge is 0.118 e. The lowest BCUT2D eigenvalue weighted by Gasteiger charge is -2.22. The molecular formula is C32H34O3. The fourth-order valence-corrected chi connectivity index (χ4v) is 4.44. The van der Waals surface area contributed by atoms with Gasteiger partial charge in [-0.25, -0.2) is 0 Å². The van der Waals surface area contributed by atoms with E-state index in [4.69, 9.17) is 14.2 Å². The first-order valence-corrected chi connectivity index (χ1v) is 12.2. The van der Waals surface area contributed by atoms with E-state index in [0.29, 0.717) is 13.2 Å². The molecule has 4 aromatic carbocycles. The predicted octanol–water partition coefficient (Wildman–Crippen LogP) is 7.07. The van der Waals surface area contributed by atoms with Gasteiger partial charge in [0.15, 0.2) is 0 Å². The van der Waals surface area contributed by atoms with Crippen LogP contribution in [0.3, 0.4) is 0 Å². The van der Waals surface area contributed by atoms with Crippen LogP contribution in [-0.4, -0.2) is 27.4 Å². The fourth-order valence-electron chi connectivity index (χ4n) is 4.44. The van der Waals surface area contributed by atoms with Crippen molar-refractivity contribution in [3.05, 3.63) is 131 Å². The van der Waals surface area contributed by atoms with Gasteiger partial charge in [-0.15, -0.1) is 0 Å². The van der Waals surface area contributed by atoms with E-state index in [2.05, 4.69) is 84.9 Å². The van der Waals surface area contributed by atoms with E-state index in [9.17, 15) is 0 Å². The normalized spacial score (nSPS) is 12.6. The van der Waals surface area contributed by atoms with Crippen molar-refractivity contribution in [1.29, 1.82) is 0 Å². The maximum atomic E-state index is 6.45. The third-order valence-electron chi connectivity index (χ3n) is 6.46. The van der Waals surface area contributed by atoms with Crippen LogP contribution in [-0.2, 0) is 17.6 Å². The molecule has 0 aliphatic carbocycles. The Hall–Kier alpha value is -3.56. The van der Waals surface area contributed by atoms with Gasteiger partial charge < -0.3 is 14.2 Å². The monoisotopic (exact) mass is 466 g/mol. The van der Waals surface area contributed by atoms with Crippen molar-refractivity contribution < 1.29 is 14.2 Å². The maximum absolute atomic E-state index is 6.45. The van der Waals surface area contributed by atoms with Crippen LogP contribution in [0.15, 0.2) is 109 Å². The molecule has 0 bridgehead atoms. The summed E-state index contributed by atoms with van der Waals surface area (Å²) in [4.78, 5) is 0. The minimum atomic E-state index is 0.280. The van der Waals surface area contributed by atoms with Crippen LogP contribution in [0.25, 0.3) is 0 Å². The van der Waals surface area contributed by atoms with Crippen molar-refractivity contribution in [2.75, 3.05) is 27.4 Å². The molecule has 0 spiro atoms. The van der Waals surface area contributed by atoms with Crippen LogP contribution in [0, 0.1) is 0 Å². The van der Waals surface area contributed by atoms with Crippen molar-refractivity contribution >= 4 is 0 Å². The Morgan fingerprint density at radius 2 is 0.857 bits per heavy atom. The summed E-state index contributed by atoms with van der Waals surface area (Å²) in [5, 5.41) is 0. The van der Waals surface area contributed by atoms with Gasteiger partial charge in [0.1, 0.15) is 11.5 Å². The van der Waals surface area contributed by atoms with E-state index < -0.39 is 0 Å². The highest BCUT2D eigenvalue weighted by Crippen LogP contribution is 2.26. The number of benzene rings is 4. The number of rotatable bonds is 12. The molecule has 3 nitrogen and oxygen atoms in total. The summed E-state index contributed by atoms with van der Waals surface area (Å²) in [7, 11) is 3.40. The molecule has 0 aliphatic heterocycles. The van der Waals surface area contributed by atoms with Gasteiger partial charge in [-0.05, 0) is 59.4 Å². The molecule has 0 saturated heterocycles. The zero-order valence-electron chi connectivity index (χ0n) is 20.6. The standard InChI is InChI=1S/C32H34O3/c1-33-31-17-13-25(14-18-31)21-29(27-9-5-3-6-10-27)23-35-24-30(28-11-7-4-8-12-28)22-26-15-19-32(34-2)20-16-26/h3-20,29-30H,21-24H2,1-2H3. The minimum absolute atomic E-state index is 0.280. The van der Waals surface area contributed by atoms with E-state index in [1.54, 1.807) is 14.2 Å². The van der Waals surface area contributed by atoms with Gasteiger partial charge in [0.2, 0.25) is 0 Å². The third-order valence-corrected chi connectivity index (χ3v) is 6.46. The van der Waals surface area contributed by atoms with E-state index in [1.807, 2.05) is 24.3 Å². The van der Waals surface area contributed by atoms with Gasteiger partial charge in [-0.3, -0.25) is 0 Å². The van der Waals surface area contributed by atoms with Gasteiger partial charge in [0, 0.05) is 11.8 Å². The second-order valence-corrected chi connectivity index (χ2v) is 8.86. The molecule has 2 atom stereocenters.